The van der Waals surface area contributed by atoms with Crippen LogP contribution in [0.5, 0.6) is 0 Å². The van der Waals surface area contributed by atoms with Crippen LogP contribution in [0.1, 0.15) is 25.3 Å². The monoisotopic (exact) mass is 457 g/mol. The summed E-state index contributed by atoms with van der Waals surface area (Å²) in [7, 11) is 0. The molecule has 0 saturated carbocycles. The SMILES string of the molecule is CCn1c(SCc2csc(N(C(C)=O)c3ccccc3F)n2)nnc1-c1ccoc1C. The Hall–Kier alpha value is -2.98. The molecule has 0 fully saturated rings. The van der Waals surface area contributed by atoms with Crippen LogP contribution in [0.4, 0.5) is 15.2 Å². The number of aromatic nitrogens is 4. The summed E-state index contributed by atoms with van der Waals surface area (Å²) in [4.78, 5) is 18.1. The smallest absolute Gasteiger partial charge is 0.230 e. The lowest BCUT2D eigenvalue weighted by molar-refractivity contribution is -0.115. The predicted molar refractivity (Wildman–Crippen MR) is 119 cm³/mol. The van der Waals surface area contributed by atoms with Crippen LogP contribution in [0.3, 0.4) is 0 Å². The Morgan fingerprint density at radius 3 is 2.77 bits per heavy atom. The number of halogens is 1. The number of furan rings is 1. The normalized spacial score (nSPS) is 11.1. The Kier molecular flexibility index (Phi) is 6.19. The second-order valence-electron chi connectivity index (χ2n) is 6.66. The number of carbonyl (C=O) groups excluding carboxylic acids is 1. The van der Waals surface area contributed by atoms with Gasteiger partial charge in [-0.05, 0) is 32.0 Å². The van der Waals surface area contributed by atoms with Gasteiger partial charge in [0.05, 0.1) is 23.2 Å². The van der Waals surface area contributed by atoms with Gasteiger partial charge in [0.2, 0.25) is 5.91 Å². The molecule has 10 heteroatoms. The zero-order valence-electron chi connectivity index (χ0n) is 17.2. The van der Waals surface area contributed by atoms with E-state index in [-0.39, 0.29) is 11.6 Å². The second kappa shape index (κ2) is 9.03. The van der Waals surface area contributed by atoms with Gasteiger partial charge in [-0.1, -0.05) is 23.9 Å². The molecule has 0 aliphatic carbocycles. The maximum atomic E-state index is 14.2. The van der Waals surface area contributed by atoms with Gasteiger partial charge in [-0.15, -0.1) is 21.5 Å². The number of hydrogen-bond acceptors (Lipinski definition) is 7. The number of rotatable bonds is 7. The summed E-state index contributed by atoms with van der Waals surface area (Å²) in [6, 6.07) is 8.05. The van der Waals surface area contributed by atoms with E-state index in [9.17, 15) is 9.18 Å². The number of anilines is 2. The van der Waals surface area contributed by atoms with Crippen molar-refractivity contribution in [1.82, 2.24) is 19.7 Å². The van der Waals surface area contributed by atoms with Crippen molar-refractivity contribution in [2.24, 2.45) is 0 Å². The minimum absolute atomic E-state index is 0.189. The summed E-state index contributed by atoms with van der Waals surface area (Å²) in [6.07, 6.45) is 1.64. The maximum Gasteiger partial charge on any atom is 0.230 e. The van der Waals surface area contributed by atoms with E-state index in [1.807, 2.05) is 29.9 Å². The fourth-order valence-corrected chi connectivity index (χ4v) is 5.02. The number of benzene rings is 1. The van der Waals surface area contributed by atoms with E-state index in [1.165, 1.54) is 41.0 Å². The molecule has 4 aromatic rings. The van der Waals surface area contributed by atoms with Gasteiger partial charge in [-0.2, -0.15) is 0 Å². The molecule has 0 aliphatic rings. The average Bonchev–Trinajstić information content (AvgIpc) is 3.47. The van der Waals surface area contributed by atoms with Gasteiger partial charge in [-0.3, -0.25) is 9.69 Å². The van der Waals surface area contributed by atoms with Crippen LogP contribution in [-0.4, -0.2) is 25.7 Å². The van der Waals surface area contributed by atoms with E-state index in [1.54, 1.807) is 24.5 Å². The van der Waals surface area contributed by atoms with Gasteiger partial charge in [0.25, 0.3) is 0 Å². The highest BCUT2D eigenvalue weighted by atomic mass is 32.2. The zero-order valence-corrected chi connectivity index (χ0v) is 18.8. The summed E-state index contributed by atoms with van der Waals surface area (Å²) >= 11 is 2.81. The molecule has 31 heavy (non-hydrogen) atoms. The zero-order chi connectivity index (χ0) is 22.0. The summed E-state index contributed by atoms with van der Waals surface area (Å²) in [6.45, 7) is 6.03. The Bertz CT molecular complexity index is 1220. The Balaban J connectivity index is 1.54. The first kappa shape index (κ1) is 21.3. The van der Waals surface area contributed by atoms with Crippen molar-refractivity contribution < 1.29 is 13.6 Å². The molecule has 0 aliphatic heterocycles. The highest BCUT2D eigenvalue weighted by Crippen LogP contribution is 2.33. The van der Waals surface area contributed by atoms with Crippen molar-refractivity contribution in [2.45, 2.75) is 38.2 Å². The summed E-state index contributed by atoms with van der Waals surface area (Å²) in [5.74, 6) is 1.33. The summed E-state index contributed by atoms with van der Waals surface area (Å²) in [5, 5.41) is 11.7. The molecule has 0 unspecified atom stereocenters. The lowest BCUT2D eigenvalue weighted by Gasteiger charge is -2.18. The largest absolute Gasteiger partial charge is 0.469 e. The molecule has 1 amide bonds. The molecule has 3 heterocycles. The molecule has 0 spiro atoms. The molecule has 160 valence electrons. The van der Waals surface area contributed by atoms with E-state index in [2.05, 4.69) is 15.2 Å². The molecular weight excluding hydrogens is 437 g/mol. The number of thiazole rings is 1. The number of aryl methyl sites for hydroxylation is 1. The Morgan fingerprint density at radius 1 is 1.29 bits per heavy atom. The van der Waals surface area contributed by atoms with Crippen molar-refractivity contribution in [3.05, 3.63) is 59.2 Å². The van der Waals surface area contributed by atoms with Crippen molar-refractivity contribution in [1.29, 1.82) is 0 Å². The lowest BCUT2D eigenvalue weighted by atomic mass is 10.2. The number of para-hydroxylation sites is 1. The quantitative estimate of drug-likeness (QED) is 0.344. The van der Waals surface area contributed by atoms with Gasteiger partial charge in [0, 0.05) is 24.6 Å². The number of thioether (sulfide) groups is 1. The fraction of sp³-hybridized carbons (Fsp3) is 0.238. The second-order valence-corrected chi connectivity index (χ2v) is 8.44. The first-order valence-corrected chi connectivity index (χ1v) is 11.5. The first-order chi connectivity index (χ1) is 15.0. The van der Waals surface area contributed by atoms with Gasteiger partial charge >= 0.3 is 0 Å². The number of nitrogens with zero attached hydrogens (tertiary/aromatic N) is 5. The third-order valence-corrected chi connectivity index (χ3v) is 6.50. The number of hydrogen-bond donors (Lipinski definition) is 0. The standard InChI is InChI=1S/C21H20FN5O2S2/c1-4-26-19(16-9-10-29-13(16)2)24-25-21(26)31-12-15-11-30-20(23-15)27(14(3)28)18-8-6-5-7-17(18)22/h5-11H,4,12H2,1-3H3. The van der Waals surface area contributed by atoms with Crippen LogP contribution in [-0.2, 0) is 17.1 Å². The average molecular weight is 458 g/mol. The van der Waals surface area contributed by atoms with E-state index >= 15 is 0 Å². The van der Waals surface area contributed by atoms with Gasteiger partial charge in [0.1, 0.15) is 11.6 Å². The molecule has 0 radical (unpaired) electrons. The number of amides is 1. The van der Waals surface area contributed by atoms with Crippen molar-refractivity contribution in [2.75, 3.05) is 4.90 Å². The van der Waals surface area contributed by atoms with Gasteiger partial charge in [-0.25, -0.2) is 9.37 Å². The minimum Gasteiger partial charge on any atom is -0.469 e. The van der Waals surface area contributed by atoms with E-state index in [4.69, 9.17) is 4.42 Å². The van der Waals surface area contributed by atoms with Crippen LogP contribution < -0.4 is 4.90 Å². The molecule has 7 nitrogen and oxygen atoms in total. The molecule has 0 N–H and O–H groups in total. The highest BCUT2D eigenvalue weighted by Gasteiger charge is 2.21. The van der Waals surface area contributed by atoms with Crippen LogP contribution in [0, 0.1) is 12.7 Å². The minimum atomic E-state index is -0.470. The van der Waals surface area contributed by atoms with Crippen molar-refractivity contribution in [3.8, 4) is 11.4 Å². The third-order valence-electron chi connectivity index (χ3n) is 4.62. The van der Waals surface area contributed by atoms with E-state index in [0.717, 1.165) is 28.0 Å². The van der Waals surface area contributed by atoms with Gasteiger partial charge < -0.3 is 8.98 Å². The van der Waals surface area contributed by atoms with Crippen LogP contribution in [0.2, 0.25) is 0 Å². The predicted octanol–water partition coefficient (Wildman–Crippen LogP) is 5.44. The third kappa shape index (κ3) is 4.26. The molecule has 4 rings (SSSR count). The molecule has 0 bridgehead atoms. The van der Waals surface area contributed by atoms with E-state index in [0.29, 0.717) is 17.4 Å². The first-order valence-electron chi connectivity index (χ1n) is 9.59. The molecule has 0 saturated heterocycles. The molecule has 3 aromatic heterocycles. The lowest BCUT2D eigenvalue weighted by Crippen LogP contribution is -2.23. The van der Waals surface area contributed by atoms with Crippen LogP contribution >= 0.6 is 23.1 Å². The van der Waals surface area contributed by atoms with Crippen LogP contribution in [0.15, 0.2) is 51.5 Å². The van der Waals surface area contributed by atoms with E-state index < -0.39 is 5.82 Å². The molecule has 1 aromatic carbocycles. The van der Waals surface area contributed by atoms with Crippen molar-refractivity contribution >= 4 is 39.8 Å². The summed E-state index contributed by atoms with van der Waals surface area (Å²) < 4.78 is 21.7. The molecular formula is C21H20FN5O2S2. The highest BCUT2D eigenvalue weighted by molar-refractivity contribution is 7.98. The maximum absolute atomic E-state index is 14.2. The van der Waals surface area contributed by atoms with Gasteiger partial charge in [0.15, 0.2) is 16.1 Å². The molecule has 0 atom stereocenters. The fourth-order valence-electron chi connectivity index (χ4n) is 3.14. The Morgan fingerprint density at radius 2 is 2.10 bits per heavy atom. The summed E-state index contributed by atoms with van der Waals surface area (Å²) in [5.41, 5.74) is 1.88. The Labute approximate surface area is 186 Å². The van der Waals surface area contributed by atoms with Crippen molar-refractivity contribution in [3.63, 3.8) is 0 Å². The number of carbonyl (C=O) groups is 1. The topological polar surface area (TPSA) is 77.1 Å². The van der Waals surface area contributed by atoms with Crippen LogP contribution in [0.25, 0.3) is 11.4 Å².